The first-order valence-corrected chi connectivity index (χ1v) is 14.6. The molecular weight excluding hydrogens is 588 g/mol. The molecule has 0 bridgehead atoms. The molecule has 0 radical (unpaired) electrons. The molecule has 224 valence electrons. The molecule has 46 heavy (non-hydrogen) atoms. The first-order chi connectivity index (χ1) is 22.5. The van der Waals surface area contributed by atoms with E-state index >= 15 is 17.6 Å². The van der Waals surface area contributed by atoms with Gasteiger partial charge in [0.05, 0.1) is 22.7 Å². The van der Waals surface area contributed by atoms with E-state index in [1.165, 1.54) is 24.3 Å². The lowest BCUT2D eigenvalue weighted by molar-refractivity contribution is 0.509. The molecule has 0 N–H and O–H groups in total. The third-order valence-electron chi connectivity index (χ3n) is 8.10. The number of fused-ring (bicyclic) bond motifs is 2. The Hall–Kier alpha value is -6.02. The second-order valence-electron chi connectivity index (χ2n) is 10.8. The van der Waals surface area contributed by atoms with E-state index in [1.807, 2.05) is 141 Å². The Morgan fingerprint density at radius 3 is 0.674 bits per heavy atom. The predicted octanol–water partition coefficient (Wildman–Crippen LogP) is 10.6. The van der Waals surface area contributed by atoms with Crippen LogP contribution in [0.1, 0.15) is 0 Å². The SMILES string of the molecule is Fc1cc2c(cc1F)N(c1ccccc1)C(=C1N(c3ccccc3)c3cc(F)c(F)cc3N1c1ccccc1)N2c1ccccc1. The van der Waals surface area contributed by atoms with Crippen molar-refractivity contribution in [3.63, 3.8) is 0 Å². The molecule has 0 amide bonds. The van der Waals surface area contributed by atoms with Gasteiger partial charge in [-0.25, -0.2) is 17.6 Å². The van der Waals surface area contributed by atoms with E-state index in [9.17, 15) is 0 Å². The predicted molar refractivity (Wildman–Crippen MR) is 174 cm³/mol. The van der Waals surface area contributed by atoms with E-state index in [2.05, 4.69) is 0 Å². The maximum absolute atomic E-state index is 15.1. The number of hydrogen-bond acceptors (Lipinski definition) is 4. The van der Waals surface area contributed by atoms with Crippen LogP contribution in [0, 0.1) is 23.3 Å². The van der Waals surface area contributed by atoms with Crippen molar-refractivity contribution in [2.75, 3.05) is 19.6 Å². The van der Waals surface area contributed by atoms with Gasteiger partial charge < -0.3 is 0 Å². The molecule has 0 unspecified atom stereocenters. The van der Waals surface area contributed by atoms with Crippen molar-refractivity contribution < 1.29 is 17.6 Å². The van der Waals surface area contributed by atoms with E-state index in [1.54, 1.807) is 0 Å². The number of rotatable bonds is 4. The molecule has 2 heterocycles. The summed E-state index contributed by atoms with van der Waals surface area (Å²) in [5.41, 5.74) is 4.26. The van der Waals surface area contributed by atoms with Gasteiger partial charge in [0.25, 0.3) is 0 Å². The van der Waals surface area contributed by atoms with Crippen molar-refractivity contribution >= 4 is 45.5 Å². The number of hydrogen-bond donors (Lipinski definition) is 0. The standard InChI is InChI=1S/C38H24F4N4/c39-29-21-33-34(22-30(29)40)44(26-15-7-2-8-16-26)37(43(33)25-13-5-1-6-14-25)38-45(27-17-9-3-10-18-27)35-23-31(41)32(42)24-36(35)46(38)28-19-11-4-12-20-28/h1-24H. The van der Waals surface area contributed by atoms with Crippen LogP contribution in [-0.2, 0) is 0 Å². The first-order valence-electron chi connectivity index (χ1n) is 14.6. The lowest BCUT2D eigenvalue weighted by Crippen LogP contribution is -2.33. The quantitative estimate of drug-likeness (QED) is 0.184. The zero-order chi connectivity index (χ0) is 31.4. The fourth-order valence-corrected chi connectivity index (χ4v) is 6.18. The summed E-state index contributed by atoms with van der Waals surface area (Å²) in [7, 11) is 0. The summed E-state index contributed by atoms with van der Waals surface area (Å²) < 4.78 is 60.6. The second kappa shape index (κ2) is 10.9. The second-order valence-corrected chi connectivity index (χ2v) is 10.8. The fraction of sp³-hybridized carbons (Fsp3) is 0. The van der Waals surface area contributed by atoms with Gasteiger partial charge in [-0.05, 0) is 48.5 Å². The van der Waals surface area contributed by atoms with Gasteiger partial charge in [0.1, 0.15) is 0 Å². The molecule has 6 aromatic carbocycles. The molecule has 2 aliphatic heterocycles. The first kappa shape index (κ1) is 27.5. The summed E-state index contributed by atoms with van der Waals surface area (Å²) in [4.78, 5) is 7.41. The summed E-state index contributed by atoms with van der Waals surface area (Å²) in [5.74, 6) is -3.03. The minimum atomic E-state index is -1.00. The number of nitrogens with zero attached hydrogens (tertiary/aromatic N) is 4. The molecule has 4 nitrogen and oxygen atoms in total. The molecule has 2 aliphatic rings. The monoisotopic (exact) mass is 612 g/mol. The minimum absolute atomic E-state index is 0.394. The van der Waals surface area contributed by atoms with Gasteiger partial charge in [-0.1, -0.05) is 72.8 Å². The molecule has 8 heteroatoms. The average Bonchev–Trinajstić information content (AvgIpc) is 3.58. The summed E-state index contributed by atoms with van der Waals surface area (Å²) >= 11 is 0. The topological polar surface area (TPSA) is 13.0 Å². The van der Waals surface area contributed by atoms with E-state index in [0.717, 1.165) is 0 Å². The van der Waals surface area contributed by atoms with E-state index in [4.69, 9.17) is 0 Å². The van der Waals surface area contributed by atoms with Gasteiger partial charge >= 0.3 is 0 Å². The highest BCUT2D eigenvalue weighted by atomic mass is 19.2. The van der Waals surface area contributed by atoms with Gasteiger partial charge in [-0.15, -0.1) is 0 Å². The Morgan fingerprint density at radius 1 is 0.283 bits per heavy atom. The van der Waals surface area contributed by atoms with Crippen molar-refractivity contribution in [1.29, 1.82) is 0 Å². The smallest absolute Gasteiger partial charge is 0.166 e. The van der Waals surface area contributed by atoms with Gasteiger partial charge in [0.15, 0.2) is 34.9 Å². The van der Waals surface area contributed by atoms with Crippen LogP contribution in [0.4, 0.5) is 63.1 Å². The van der Waals surface area contributed by atoms with Crippen LogP contribution in [0.5, 0.6) is 0 Å². The summed E-state index contributed by atoms with van der Waals surface area (Å²) in [6.45, 7) is 0. The van der Waals surface area contributed by atoms with Crippen LogP contribution in [0.3, 0.4) is 0 Å². The molecule has 0 fully saturated rings. The number of anilines is 8. The van der Waals surface area contributed by atoms with Gasteiger partial charge in [0, 0.05) is 47.0 Å². The Balaban J connectivity index is 1.56. The van der Waals surface area contributed by atoms with Crippen molar-refractivity contribution in [3.8, 4) is 0 Å². The fourth-order valence-electron chi connectivity index (χ4n) is 6.18. The third-order valence-corrected chi connectivity index (χ3v) is 8.10. The van der Waals surface area contributed by atoms with Gasteiger partial charge in [0.2, 0.25) is 0 Å². The van der Waals surface area contributed by atoms with E-state index in [0.29, 0.717) is 57.1 Å². The lowest BCUT2D eigenvalue weighted by Gasteiger charge is -2.34. The van der Waals surface area contributed by atoms with Crippen LogP contribution in [0.2, 0.25) is 0 Å². The van der Waals surface area contributed by atoms with Gasteiger partial charge in [-0.2, -0.15) is 0 Å². The maximum Gasteiger partial charge on any atom is 0.166 e. The third kappa shape index (κ3) is 4.29. The van der Waals surface area contributed by atoms with Gasteiger partial charge in [-0.3, -0.25) is 19.6 Å². The Labute approximate surface area is 262 Å². The van der Waals surface area contributed by atoms with Crippen molar-refractivity contribution in [1.82, 2.24) is 0 Å². The van der Waals surface area contributed by atoms with Crippen LogP contribution < -0.4 is 19.6 Å². The lowest BCUT2D eigenvalue weighted by atomic mass is 10.2. The summed E-state index contributed by atoms with van der Waals surface area (Å²) in [6, 6.07) is 42.1. The highest BCUT2D eigenvalue weighted by molar-refractivity contribution is 6.00. The van der Waals surface area contributed by atoms with Crippen LogP contribution in [0.15, 0.2) is 157 Å². The Morgan fingerprint density at radius 2 is 0.478 bits per heavy atom. The zero-order valence-corrected chi connectivity index (χ0v) is 24.2. The molecule has 0 atom stereocenters. The van der Waals surface area contributed by atoms with E-state index < -0.39 is 23.3 Å². The normalized spacial score (nSPS) is 13.8. The minimum Gasteiger partial charge on any atom is -0.291 e. The summed E-state index contributed by atoms with van der Waals surface area (Å²) in [6.07, 6.45) is 0. The van der Waals surface area contributed by atoms with Crippen LogP contribution in [-0.4, -0.2) is 0 Å². The van der Waals surface area contributed by atoms with Crippen LogP contribution in [0.25, 0.3) is 0 Å². The largest absolute Gasteiger partial charge is 0.291 e. The maximum atomic E-state index is 15.1. The Bertz CT molecular complexity index is 1800. The molecule has 0 saturated heterocycles. The van der Waals surface area contributed by atoms with E-state index in [-0.39, 0.29) is 0 Å². The highest BCUT2D eigenvalue weighted by Crippen LogP contribution is 2.57. The molecule has 6 aromatic rings. The number of halogens is 4. The molecule has 8 rings (SSSR count). The van der Waals surface area contributed by atoms with Crippen molar-refractivity contribution in [3.05, 3.63) is 181 Å². The zero-order valence-electron chi connectivity index (χ0n) is 24.2. The average molecular weight is 613 g/mol. The van der Waals surface area contributed by atoms with Crippen molar-refractivity contribution in [2.24, 2.45) is 0 Å². The molecule has 0 aromatic heterocycles. The Kier molecular flexibility index (Phi) is 6.49. The van der Waals surface area contributed by atoms with Crippen molar-refractivity contribution in [2.45, 2.75) is 0 Å². The molecule has 0 spiro atoms. The number of benzene rings is 6. The molecular formula is C38H24F4N4. The molecule has 0 aliphatic carbocycles. The van der Waals surface area contributed by atoms with Crippen LogP contribution >= 0.6 is 0 Å². The summed E-state index contributed by atoms with van der Waals surface area (Å²) in [5, 5.41) is 0. The highest BCUT2D eigenvalue weighted by Gasteiger charge is 2.45. The number of para-hydroxylation sites is 4. The molecule has 0 saturated carbocycles.